The van der Waals surface area contributed by atoms with Crippen molar-refractivity contribution in [3.63, 3.8) is 0 Å². The van der Waals surface area contributed by atoms with Gasteiger partial charge in [0, 0.05) is 16.0 Å². The van der Waals surface area contributed by atoms with Gasteiger partial charge in [0.2, 0.25) is 0 Å². The Hall–Kier alpha value is -1.39. The van der Waals surface area contributed by atoms with Gasteiger partial charge in [0.1, 0.15) is 5.75 Å². The topological polar surface area (TPSA) is 34.2 Å². The zero-order valence-corrected chi connectivity index (χ0v) is 11.8. The van der Waals surface area contributed by atoms with Crippen LogP contribution in [0.2, 0.25) is 0 Å². The summed E-state index contributed by atoms with van der Waals surface area (Å²) < 4.78 is 5.22. The predicted molar refractivity (Wildman–Crippen MR) is 75.4 cm³/mol. The molecular weight excluding hydrogens is 244 g/mol. The molecule has 1 unspecified atom stereocenters. The molecule has 2 heterocycles. The van der Waals surface area contributed by atoms with E-state index in [0.717, 1.165) is 17.7 Å². The summed E-state index contributed by atoms with van der Waals surface area (Å²) >= 11 is 1.84. The van der Waals surface area contributed by atoms with E-state index in [-0.39, 0.29) is 6.04 Å². The Morgan fingerprint density at radius 3 is 2.83 bits per heavy atom. The number of hydrogen-bond acceptors (Lipinski definition) is 4. The first kappa shape index (κ1) is 13.1. The van der Waals surface area contributed by atoms with Gasteiger partial charge in [0.05, 0.1) is 19.3 Å². The summed E-state index contributed by atoms with van der Waals surface area (Å²) in [6, 6.07) is 6.58. The normalized spacial score (nSPS) is 12.4. The number of pyridine rings is 1. The van der Waals surface area contributed by atoms with Crippen molar-refractivity contribution in [1.82, 2.24) is 10.3 Å². The maximum Gasteiger partial charge on any atom is 0.137 e. The molecule has 4 heteroatoms. The number of hydrogen-bond donors (Lipinski definition) is 1. The van der Waals surface area contributed by atoms with Gasteiger partial charge in [0.25, 0.3) is 0 Å². The van der Waals surface area contributed by atoms with Gasteiger partial charge in [0.15, 0.2) is 0 Å². The number of aromatic nitrogens is 1. The summed E-state index contributed by atoms with van der Waals surface area (Å²) in [5, 5.41) is 3.34. The molecule has 1 atom stereocenters. The molecule has 2 aromatic rings. The molecule has 96 valence electrons. The van der Waals surface area contributed by atoms with E-state index in [2.05, 4.69) is 29.4 Å². The zero-order valence-electron chi connectivity index (χ0n) is 10.9. The molecule has 0 fully saturated rings. The average molecular weight is 262 g/mol. The lowest BCUT2D eigenvalue weighted by atomic mass is 10.1. The number of ether oxygens (including phenoxy) is 1. The molecule has 0 bridgehead atoms. The van der Waals surface area contributed by atoms with Crippen molar-refractivity contribution in [2.75, 3.05) is 14.2 Å². The summed E-state index contributed by atoms with van der Waals surface area (Å²) in [5.41, 5.74) is 1.13. The molecule has 0 saturated carbocycles. The molecule has 0 amide bonds. The number of aryl methyl sites for hydroxylation is 1. The zero-order chi connectivity index (χ0) is 13.0. The van der Waals surface area contributed by atoms with Crippen molar-refractivity contribution in [3.05, 3.63) is 45.9 Å². The predicted octanol–water partition coefficient (Wildman–Crippen LogP) is 3.02. The summed E-state index contributed by atoms with van der Waals surface area (Å²) in [5.74, 6) is 0.792. The van der Waals surface area contributed by atoms with Gasteiger partial charge < -0.3 is 10.1 Å². The van der Waals surface area contributed by atoms with E-state index in [0.29, 0.717) is 0 Å². The van der Waals surface area contributed by atoms with Crippen LogP contribution < -0.4 is 10.1 Å². The first-order valence-corrected chi connectivity index (χ1v) is 6.85. The molecule has 2 rings (SSSR count). The molecule has 3 nitrogen and oxygen atoms in total. The van der Waals surface area contributed by atoms with Gasteiger partial charge in [-0.05, 0) is 37.2 Å². The summed E-state index contributed by atoms with van der Waals surface area (Å²) in [6.07, 6.45) is 4.69. The van der Waals surface area contributed by atoms with E-state index in [9.17, 15) is 0 Å². The number of nitrogens with one attached hydrogen (secondary N) is 1. The molecular formula is C14H18N2OS. The molecule has 1 N–H and O–H groups in total. The van der Waals surface area contributed by atoms with E-state index >= 15 is 0 Å². The highest BCUT2D eigenvalue weighted by atomic mass is 32.1. The molecule has 0 spiro atoms. The van der Waals surface area contributed by atoms with Crippen molar-refractivity contribution in [3.8, 4) is 5.75 Å². The summed E-state index contributed by atoms with van der Waals surface area (Å²) in [4.78, 5) is 6.93. The van der Waals surface area contributed by atoms with Gasteiger partial charge >= 0.3 is 0 Å². The third-order valence-electron chi connectivity index (χ3n) is 2.91. The summed E-state index contributed by atoms with van der Waals surface area (Å²) in [7, 11) is 3.63. The standard InChI is InChI=1S/C14H18N2OS/c1-4-12-5-6-13(18-12)14(15-2)10-7-11(17-3)9-16-8-10/h5-9,14-15H,4H2,1-3H3. The molecule has 18 heavy (non-hydrogen) atoms. The third kappa shape index (κ3) is 2.71. The van der Waals surface area contributed by atoms with E-state index < -0.39 is 0 Å². The van der Waals surface area contributed by atoms with Crippen LogP contribution in [0.25, 0.3) is 0 Å². The molecule has 0 aliphatic carbocycles. The van der Waals surface area contributed by atoms with Gasteiger partial charge in [-0.15, -0.1) is 11.3 Å². The molecule has 0 aliphatic heterocycles. The minimum atomic E-state index is 0.179. The minimum Gasteiger partial charge on any atom is -0.495 e. The van der Waals surface area contributed by atoms with E-state index in [1.807, 2.05) is 30.6 Å². The van der Waals surface area contributed by atoms with Gasteiger partial charge in [-0.25, -0.2) is 0 Å². The van der Waals surface area contributed by atoms with Crippen LogP contribution in [-0.2, 0) is 6.42 Å². The minimum absolute atomic E-state index is 0.179. The SMILES string of the molecule is CCc1ccc(C(NC)c2cncc(OC)c2)s1. The number of methoxy groups -OCH3 is 1. The van der Waals surface area contributed by atoms with E-state index in [4.69, 9.17) is 4.74 Å². The van der Waals surface area contributed by atoms with Crippen LogP contribution in [0.1, 0.15) is 28.3 Å². The fraction of sp³-hybridized carbons (Fsp3) is 0.357. The Balaban J connectivity index is 2.32. The van der Waals surface area contributed by atoms with Crippen LogP contribution in [0.3, 0.4) is 0 Å². The quantitative estimate of drug-likeness (QED) is 0.899. The number of rotatable bonds is 5. The Kier molecular flexibility index (Phi) is 4.33. The van der Waals surface area contributed by atoms with Gasteiger partial charge in [-0.1, -0.05) is 6.92 Å². The van der Waals surface area contributed by atoms with Crippen molar-refractivity contribution < 1.29 is 4.74 Å². The second kappa shape index (κ2) is 5.98. The van der Waals surface area contributed by atoms with Crippen LogP contribution >= 0.6 is 11.3 Å². The Morgan fingerprint density at radius 1 is 1.39 bits per heavy atom. The first-order valence-electron chi connectivity index (χ1n) is 6.03. The van der Waals surface area contributed by atoms with Crippen LogP contribution in [0.4, 0.5) is 0 Å². The molecule has 0 aliphatic rings. The fourth-order valence-electron chi connectivity index (χ4n) is 1.92. The Morgan fingerprint density at radius 2 is 2.22 bits per heavy atom. The van der Waals surface area contributed by atoms with Crippen molar-refractivity contribution >= 4 is 11.3 Å². The first-order chi connectivity index (χ1) is 8.78. The van der Waals surface area contributed by atoms with E-state index in [1.54, 1.807) is 13.3 Å². The molecule has 0 radical (unpaired) electrons. The Bertz CT molecular complexity index is 510. The van der Waals surface area contributed by atoms with Crippen LogP contribution in [0.5, 0.6) is 5.75 Å². The molecule has 2 aromatic heterocycles. The highest BCUT2D eigenvalue weighted by Crippen LogP contribution is 2.29. The van der Waals surface area contributed by atoms with Crippen LogP contribution in [0.15, 0.2) is 30.6 Å². The summed E-state index contributed by atoms with van der Waals surface area (Å²) in [6.45, 7) is 2.18. The van der Waals surface area contributed by atoms with Gasteiger partial charge in [-0.3, -0.25) is 4.98 Å². The lowest BCUT2D eigenvalue weighted by Gasteiger charge is -2.15. The highest BCUT2D eigenvalue weighted by molar-refractivity contribution is 7.12. The number of nitrogens with zero attached hydrogens (tertiary/aromatic N) is 1. The maximum absolute atomic E-state index is 5.22. The second-order valence-electron chi connectivity index (χ2n) is 4.04. The number of thiophene rings is 1. The smallest absolute Gasteiger partial charge is 0.137 e. The second-order valence-corrected chi connectivity index (χ2v) is 5.24. The van der Waals surface area contributed by atoms with Crippen molar-refractivity contribution in [2.45, 2.75) is 19.4 Å². The van der Waals surface area contributed by atoms with Crippen molar-refractivity contribution in [2.24, 2.45) is 0 Å². The Labute approximate surface area is 112 Å². The monoisotopic (exact) mass is 262 g/mol. The largest absolute Gasteiger partial charge is 0.495 e. The van der Waals surface area contributed by atoms with Crippen LogP contribution in [-0.4, -0.2) is 19.1 Å². The highest BCUT2D eigenvalue weighted by Gasteiger charge is 2.15. The lowest BCUT2D eigenvalue weighted by molar-refractivity contribution is 0.411. The van der Waals surface area contributed by atoms with Crippen LogP contribution in [0, 0.1) is 0 Å². The lowest BCUT2D eigenvalue weighted by Crippen LogP contribution is -2.16. The molecule has 0 aromatic carbocycles. The molecule has 0 saturated heterocycles. The third-order valence-corrected chi connectivity index (χ3v) is 4.20. The fourth-order valence-corrected chi connectivity index (χ4v) is 3.01. The van der Waals surface area contributed by atoms with Gasteiger partial charge in [-0.2, -0.15) is 0 Å². The maximum atomic E-state index is 5.22. The van der Waals surface area contributed by atoms with Crippen molar-refractivity contribution in [1.29, 1.82) is 0 Å². The van der Waals surface area contributed by atoms with E-state index in [1.165, 1.54) is 9.75 Å². The average Bonchev–Trinajstić information content (AvgIpc) is 2.88.